The van der Waals surface area contributed by atoms with E-state index in [4.69, 9.17) is 28.8 Å². The number of methoxy groups -OCH3 is 1. The summed E-state index contributed by atoms with van der Waals surface area (Å²) in [4.78, 5) is 20.3. The van der Waals surface area contributed by atoms with Crippen LogP contribution in [0.3, 0.4) is 0 Å². The van der Waals surface area contributed by atoms with Gasteiger partial charge < -0.3 is 28.8 Å². The number of nitrogens with two attached hydrogens (primary N) is 1. The molecule has 2 N–H and O–H groups in total. The number of carbonyl (C=O) groups excluding carboxylic acids is 1. The molecule has 0 spiro atoms. The second-order valence-electron chi connectivity index (χ2n) is 6.30. The molecule has 4 unspecified atom stereocenters. The number of fused-ring (bicyclic) bond motifs is 1. The Bertz CT molecular complexity index is 952. The van der Waals surface area contributed by atoms with Crippen LogP contribution in [-0.2, 0) is 36.2 Å². The molecule has 170 valence electrons. The second kappa shape index (κ2) is 11.8. The summed E-state index contributed by atoms with van der Waals surface area (Å²) >= 11 is 8.56. The van der Waals surface area contributed by atoms with Crippen molar-refractivity contribution in [3.63, 3.8) is 0 Å². The highest BCUT2D eigenvalue weighted by Crippen LogP contribution is 2.46. The maximum Gasteiger partial charge on any atom is 0.351 e. The van der Waals surface area contributed by atoms with Crippen molar-refractivity contribution in [2.45, 2.75) is 25.4 Å². The van der Waals surface area contributed by atoms with Gasteiger partial charge in [0.1, 0.15) is 42.9 Å². The Labute approximate surface area is 190 Å². The molecule has 1 aliphatic heterocycles. The number of thiol groups is 2. The topological polar surface area (TPSA) is 120 Å². The molecule has 1 amide bonds. The lowest BCUT2D eigenvalue weighted by Crippen LogP contribution is -2.21. The summed E-state index contributed by atoms with van der Waals surface area (Å²) in [6.45, 7) is -0.249. The molecule has 10 nitrogen and oxygen atoms in total. The lowest BCUT2D eigenvalue weighted by Gasteiger charge is -2.17. The van der Waals surface area contributed by atoms with E-state index < -0.39 is 32.7 Å². The van der Waals surface area contributed by atoms with Crippen molar-refractivity contribution in [1.82, 2.24) is 14.5 Å². The van der Waals surface area contributed by atoms with E-state index in [0.29, 0.717) is 30.1 Å². The minimum absolute atomic E-state index is 0.000533. The lowest BCUT2D eigenvalue weighted by molar-refractivity contribution is 0.1000. The summed E-state index contributed by atoms with van der Waals surface area (Å²) in [5.41, 5.74) is 6.58. The highest BCUT2D eigenvalue weighted by molar-refractivity contribution is 8.42. The third-order valence-corrected chi connectivity index (χ3v) is 7.07. The van der Waals surface area contributed by atoms with E-state index in [9.17, 15) is 9.18 Å². The molecule has 2 aromatic rings. The zero-order chi connectivity index (χ0) is 22.4. The molecule has 0 aromatic carbocycles. The molecule has 0 saturated carbocycles. The summed E-state index contributed by atoms with van der Waals surface area (Å²) in [7, 11) is -0.141. The molecule has 2 aromatic heterocycles. The van der Waals surface area contributed by atoms with Gasteiger partial charge in [0, 0.05) is 13.3 Å². The van der Waals surface area contributed by atoms with Crippen molar-refractivity contribution in [2.75, 3.05) is 26.9 Å². The Balaban J connectivity index is 1.73. The number of rotatable bonds is 11. The van der Waals surface area contributed by atoms with Crippen LogP contribution in [0, 0.1) is 0 Å². The number of imidazole rings is 1. The number of hydrogen-bond acceptors (Lipinski definition) is 10. The molecule has 1 aliphatic rings. The van der Waals surface area contributed by atoms with E-state index in [1.165, 1.54) is 19.3 Å². The van der Waals surface area contributed by atoms with Gasteiger partial charge in [0.25, 0.3) is 5.98 Å². The molecule has 31 heavy (non-hydrogen) atoms. The number of aromatic nitrogens is 3. The number of nitrogens with zero attached hydrogens (tertiary/aromatic N) is 3. The lowest BCUT2D eigenvalue weighted by atomic mass is 10.2. The first-order chi connectivity index (χ1) is 14.9. The fourth-order valence-corrected chi connectivity index (χ4v) is 5.03. The van der Waals surface area contributed by atoms with Crippen LogP contribution >= 0.6 is 39.0 Å². The summed E-state index contributed by atoms with van der Waals surface area (Å²) in [5, 5.41) is 0. The maximum absolute atomic E-state index is 13.7. The van der Waals surface area contributed by atoms with Crippen LogP contribution in [0.15, 0.2) is 12.3 Å². The molecule has 0 aliphatic carbocycles. The Morgan fingerprint density at radius 1 is 1.55 bits per heavy atom. The first kappa shape index (κ1) is 24.8. The second-order valence-corrected chi connectivity index (χ2v) is 10.5. The number of amides is 1. The Morgan fingerprint density at radius 2 is 2.35 bits per heavy atom. The number of carbonyl (C=O) groups is 1. The predicted octanol–water partition coefficient (Wildman–Crippen LogP) is 2.62. The van der Waals surface area contributed by atoms with Crippen molar-refractivity contribution in [1.29, 1.82) is 0 Å². The quantitative estimate of drug-likeness (QED) is 0.311. The van der Waals surface area contributed by atoms with Crippen molar-refractivity contribution < 1.29 is 32.2 Å². The minimum atomic E-state index is -1.66. The Kier molecular flexibility index (Phi) is 9.45. The summed E-state index contributed by atoms with van der Waals surface area (Å²) in [5.74, 6) is 1.41. The molecular formula is C16H22FN4O6P2S2+. The number of primary amides is 1. The van der Waals surface area contributed by atoms with Gasteiger partial charge in [-0.2, -0.15) is 4.52 Å². The van der Waals surface area contributed by atoms with E-state index in [1.807, 2.05) is 0 Å². The molecule has 4 atom stereocenters. The van der Waals surface area contributed by atoms with E-state index >= 15 is 0 Å². The third kappa shape index (κ3) is 6.80. The van der Waals surface area contributed by atoms with Gasteiger partial charge in [-0.15, -0.1) is 0 Å². The highest BCUT2D eigenvalue weighted by atomic mass is 32.7. The van der Waals surface area contributed by atoms with E-state index in [0.717, 1.165) is 0 Å². The third-order valence-electron chi connectivity index (χ3n) is 4.17. The average Bonchev–Trinajstić information content (AvgIpc) is 3.29. The van der Waals surface area contributed by atoms with Gasteiger partial charge in [0.2, 0.25) is 13.5 Å². The van der Waals surface area contributed by atoms with Gasteiger partial charge >= 0.3 is 6.97 Å². The number of halogens is 1. The summed E-state index contributed by atoms with van der Waals surface area (Å²) in [6, 6.07) is 1.55. The van der Waals surface area contributed by atoms with Crippen LogP contribution in [0.2, 0.25) is 0 Å². The number of pyridine rings is 1. The van der Waals surface area contributed by atoms with E-state index in [-0.39, 0.29) is 25.4 Å². The van der Waals surface area contributed by atoms with E-state index in [1.54, 1.807) is 10.6 Å². The van der Waals surface area contributed by atoms with Crippen LogP contribution in [0.25, 0.3) is 11.2 Å². The van der Waals surface area contributed by atoms with Gasteiger partial charge in [-0.25, -0.2) is 14.4 Å². The van der Waals surface area contributed by atoms with Gasteiger partial charge in [0.05, 0.1) is 25.3 Å². The molecule has 3 heterocycles. The van der Waals surface area contributed by atoms with Crippen LogP contribution in [0.5, 0.6) is 0 Å². The van der Waals surface area contributed by atoms with Crippen LogP contribution < -0.4 is 5.73 Å². The SMILES string of the molecule is COC=[P+](S)OCCn1c(COP(S)OC2COCC2F)nc2cc(C(N)=O)cnc21. The molecule has 1 fully saturated rings. The largest absolute Gasteiger partial charge is 0.375 e. The fourth-order valence-electron chi connectivity index (χ4n) is 2.75. The van der Waals surface area contributed by atoms with Gasteiger partial charge in [-0.1, -0.05) is 12.2 Å². The first-order valence-electron chi connectivity index (χ1n) is 9.01. The summed E-state index contributed by atoms with van der Waals surface area (Å²) in [6.07, 6.45) is -0.532. The molecule has 3 rings (SSSR count). The number of ether oxygens (including phenoxy) is 2. The predicted molar refractivity (Wildman–Crippen MR) is 122 cm³/mol. The minimum Gasteiger partial charge on any atom is -0.375 e. The average molecular weight is 511 g/mol. The van der Waals surface area contributed by atoms with Gasteiger partial charge in [0.15, 0.2) is 11.8 Å². The standard InChI is InChI=1S/C16H21FN4O6P2S2/c1-23-9-28(30)25-3-2-21-14(8-26-29(31)27-13-7-24-6-11(13)17)20-12-4-10(15(18)22)5-19-16(12)21/h4-5,9,11,13,31H,2-3,6-8H2,1H3,(H2-,18,22,30)/p+1. The number of alkyl halides is 1. The molecule has 15 heteroatoms. The van der Waals surface area contributed by atoms with Gasteiger partial charge in [-0.05, 0) is 6.07 Å². The van der Waals surface area contributed by atoms with E-state index in [2.05, 4.69) is 34.5 Å². The van der Waals surface area contributed by atoms with Crippen LogP contribution in [0.4, 0.5) is 4.39 Å². The van der Waals surface area contributed by atoms with Crippen molar-refractivity contribution >= 4 is 62.1 Å². The Morgan fingerprint density at radius 3 is 3.03 bits per heavy atom. The molecule has 0 bridgehead atoms. The molecular weight excluding hydrogens is 489 g/mol. The van der Waals surface area contributed by atoms with Crippen molar-refractivity contribution in [2.24, 2.45) is 5.73 Å². The molecule has 0 radical (unpaired) electrons. The highest BCUT2D eigenvalue weighted by Gasteiger charge is 2.31. The normalized spacial score (nSPS) is 20.5. The smallest absolute Gasteiger partial charge is 0.351 e. The van der Waals surface area contributed by atoms with Crippen molar-refractivity contribution in [3.05, 3.63) is 23.7 Å². The monoisotopic (exact) mass is 511 g/mol. The first-order valence-corrected chi connectivity index (χ1v) is 13.8. The summed E-state index contributed by atoms with van der Waals surface area (Å²) < 4.78 is 42.1. The zero-order valence-electron chi connectivity index (χ0n) is 16.5. The van der Waals surface area contributed by atoms with Crippen molar-refractivity contribution in [3.8, 4) is 0 Å². The number of hydrogen-bond donors (Lipinski definition) is 3. The van der Waals surface area contributed by atoms with Gasteiger partial charge in [-0.3, -0.25) is 4.79 Å². The maximum atomic E-state index is 13.7. The Hall–Kier alpha value is -0.880. The van der Waals surface area contributed by atoms with Crippen LogP contribution in [0.1, 0.15) is 16.2 Å². The van der Waals surface area contributed by atoms with Crippen LogP contribution in [-0.4, -0.2) is 65.6 Å². The fraction of sp³-hybridized carbons (Fsp3) is 0.500. The zero-order valence-corrected chi connectivity index (χ0v) is 20.0. The molecule has 1 saturated heterocycles.